The first-order chi connectivity index (χ1) is 12.9. The summed E-state index contributed by atoms with van der Waals surface area (Å²) in [5, 5.41) is 2.75. The number of nitrogens with one attached hydrogen (secondary N) is 2. The minimum absolute atomic E-state index is 0.0102. The second-order valence-electron chi connectivity index (χ2n) is 6.53. The molecule has 2 rings (SSSR count). The highest BCUT2D eigenvalue weighted by Gasteiger charge is 2.20. The number of benzene rings is 2. The van der Waals surface area contributed by atoms with E-state index >= 15 is 0 Å². The number of halogens is 1. The van der Waals surface area contributed by atoms with E-state index in [1.54, 1.807) is 38.1 Å². The van der Waals surface area contributed by atoms with E-state index in [0.717, 1.165) is 12.3 Å². The van der Waals surface area contributed by atoms with Crippen LogP contribution in [0.3, 0.4) is 0 Å². The van der Waals surface area contributed by atoms with E-state index in [1.807, 2.05) is 0 Å². The van der Waals surface area contributed by atoms with Crippen LogP contribution in [-0.2, 0) is 31.2 Å². The third-order valence-electron chi connectivity index (χ3n) is 3.83. The third-order valence-corrected chi connectivity index (χ3v) is 7.34. The number of anilines is 1. The maximum atomic E-state index is 12.6. The van der Waals surface area contributed by atoms with Gasteiger partial charge in [-0.2, -0.15) is 0 Å². The summed E-state index contributed by atoms with van der Waals surface area (Å²) in [4.78, 5) is 11.5. The maximum absolute atomic E-state index is 12.6. The van der Waals surface area contributed by atoms with Gasteiger partial charge >= 0.3 is 0 Å². The van der Waals surface area contributed by atoms with Gasteiger partial charge < -0.3 is 5.32 Å². The number of sulfone groups is 1. The number of hydrogen-bond acceptors (Lipinski definition) is 5. The molecule has 10 heteroatoms. The molecule has 0 saturated heterocycles. The van der Waals surface area contributed by atoms with Crippen LogP contribution in [-0.4, -0.2) is 29.0 Å². The van der Waals surface area contributed by atoms with Gasteiger partial charge in [0.2, 0.25) is 15.9 Å². The van der Waals surface area contributed by atoms with Crippen molar-refractivity contribution < 1.29 is 21.6 Å². The van der Waals surface area contributed by atoms with Crippen LogP contribution in [0.5, 0.6) is 0 Å². The molecule has 1 amide bonds. The zero-order chi connectivity index (χ0) is 21.1. The molecule has 2 aromatic rings. The molecule has 0 spiro atoms. The van der Waals surface area contributed by atoms with Crippen molar-refractivity contribution in [3.8, 4) is 0 Å². The average molecular weight is 489 g/mol. The number of carbonyl (C=O) groups is 1. The van der Waals surface area contributed by atoms with Gasteiger partial charge in [0, 0.05) is 28.9 Å². The number of rotatable bonds is 7. The Morgan fingerprint density at radius 3 is 2.18 bits per heavy atom. The predicted octanol–water partition coefficient (Wildman–Crippen LogP) is 2.93. The summed E-state index contributed by atoms with van der Waals surface area (Å²) < 4.78 is 51.3. The minimum atomic E-state index is -3.94. The van der Waals surface area contributed by atoms with Crippen molar-refractivity contribution in [3.63, 3.8) is 0 Å². The minimum Gasteiger partial charge on any atom is -0.326 e. The van der Waals surface area contributed by atoms with Gasteiger partial charge in [-0.3, -0.25) is 4.79 Å². The molecule has 28 heavy (non-hydrogen) atoms. The molecule has 7 nitrogen and oxygen atoms in total. The fourth-order valence-electron chi connectivity index (χ4n) is 2.17. The predicted molar refractivity (Wildman–Crippen MR) is 111 cm³/mol. The van der Waals surface area contributed by atoms with E-state index in [0.29, 0.717) is 11.3 Å². The van der Waals surface area contributed by atoms with Crippen molar-refractivity contribution in [3.05, 3.63) is 52.5 Å². The third kappa shape index (κ3) is 5.87. The molecule has 0 fully saturated rings. The van der Waals surface area contributed by atoms with E-state index in [4.69, 9.17) is 0 Å². The van der Waals surface area contributed by atoms with Gasteiger partial charge in [-0.15, -0.1) is 0 Å². The van der Waals surface area contributed by atoms with Crippen LogP contribution in [0.4, 0.5) is 5.69 Å². The smallest absolute Gasteiger partial charge is 0.242 e. The van der Waals surface area contributed by atoms with Gasteiger partial charge in [0.15, 0.2) is 9.84 Å². The fraction of sp³-hybridized carbons (Fsp3) is 0.278. The Balaban J connectivity index is 2.15. The molecule has 0 aliphatic carbocycles. The Bertz CT molecular complexity index is 1080. The average Bonchev–Trinajstić information content (AvgIpc) is 2.60. The van der Waals surface area contributed by atoms with Gasteiger partial charge in [-0.25, -0.2) is 21.6 Å². The lowest BCUT2D eigenvalue weighted by molar-refractivity contribution is -0.118. The molecule has 2 N–H and O–H groups in total. The number of carbonyl (C=O) groups excluding carboxylic acids is 1. The fourth-order valence-corrected chi connectivity index (χ4v) is 4.90. The summed E-state index contributed by atoms with van der Waals surface area (Å²) in [6.07, 6.45) is 1.01. The Morgan fingerprint density at radius 2 is 1.64 bits per heavy atom. The van der Waals surface area contributed by atoms with Crippen LogP contribution in [0.15, 0.2) is 56.7 Å². The van der Waals surface area contributed by atoms with Crippen LogP contribution in [0, 0.1) is 5.92 Å². The highest BCUT2D eigenvalue weighted by molar-refractivity contribution is 9.10. The van der Waals surface area contributed by atoms with Crippen LogP contribution in [0.25, 0.3) is 0 Å². The molecule has 0 aliphatic heterocycles. The summed E-state index contributed by atoms with van der Waals surface area (Å²) in [7, 11) is -7.48. The zero-order valence-electron chi connectivity index (χ0n) is 15.6. The van der Waals surface area contributed by atoms with Gasteiger partial charge in [0.1, 0.15) is 0 Å². The molecule has 0 heterocycles. The molecule has 0 aromatic heterocycles. The Kier molecular flexibility index (Phi) is 7.02. The number of amides is 1. The molecule has 0 atom stereocenters. The first-order valence-corrected chi connectivity index (χ1v) is 12.5. The first kappa shape index (κ1) is 22.5. The highest BCUT2D eigenvalue weighted by Crippen LogP contribution is 2.25. The molecule has 0 bridgehead atoms. The largest absolute Gasteiger partial charge is 0.326 e. The summed E-state index contributed by atoms with van der Waals surface area (Å²) in [5.41, 5.74) is 1.30. The summed E-state index contributed by atoms with van der Waals surface area (Å²) >= 11 is 3.15. The summed E-state index contributed by atoms with van der Waals surface area (Å²) in [6.45, 7) is 3.58. The molecule has 0 unspecified atom stereocenters. The topological polar surface area (TPSA) is 109 Å². The molecule has 0 aliphatic rings. The second-order valence-corrected chi connectivity index (χ2v) is 11.1. The van der Waals surface area contributed by atoms with E-state index in [1.165, 1.54) is 12.1 Å². The Morgan fingerprint density at radius 1 is 1.04 bits per heavy atom. The summed E-state index contributed by atoms with van der Waals surface area (Å²) in [6, 6.07) is 10.6. The lowest BCUT2D eigenvalue weighted by Crippen LogP contribution is -2.24. The van der Waals surface area contributed by atoms with Crippen LogP contribution >= 0.6 is 15.9 Å². The molecule has 0 saturated carbocycles. The maximum Gasteiger partial charge on any atom is 0.242 e. The SMILES string of the molecule is CC(C)C(=O)Nc1ccc(CNS(=O)(=O)c2cc(S(C)(=O)=O)ccc2Br)cc1. The van der Waals surface area contributed by atoms with Crippen LogP contribution in [0.2, 0.25) is 0 Å². The van der Waals surface area contributed by atoms with Gasteiger partial charge in [-0.1, -0.05) is 26.0 Å². The van der Waals surface area contributed by atoms with E-state index in [9.17, 15) is 21.6 Å². The quantitative estimate of drug-likeness (QED) is 0.622. The van der Waals surface area contributed by atoms with Gasteiger partial charge in [0.05, 0.1) is 9.79 Å². The van der Waals surface area contributed by atoms with Gasteiger partial charge in [0.25, 0.3) is 0 Å². The van der Waals surface area contributed by atoms with Crippen molar-refractivity contribution >= 4 is 47.4 Å². The molecule has 0 radical (unpaired) electrons. The molecule has 2 aromatic carbocycles. The number of sulfonamides is 1. The second kappa shape index (κ2) is 8.73. The van der Waals surface area contributed by atoms with Crippen molar-refractivity contribution in [2.45, 2.75) is 30.2 Å². The van der Waals surface area contributed by atoms with Crippen molar-refractivity contribution in [1.82, 2.24) is 4.72 Å². The first-order valence-electron chi connectivity index (χ1n) is 8.29. The zero-order valence-corrected chi connectivity index (χ0v) is 18.8. The molecular weight excluding hydrogens is 468 g/mol. The normalized spacial score (nSPS) is 12.2. The lowest BCUT2D eigenvalue weighted by atomic mass is 10.2. The molecular formula is C18H21BrN2O5S2. The van der Waals surface area contributed by atoms with Crippen LogP contribution < -0.4 is 10.0 Å². The van der Waals surface area contributed by atoms with Gasteiger partial charge in [-0.05, 0) is 51.8 Å². The monoisotopic (exact) mass is 488 g/mol. The Labute approximate surface area is 173 Å². The van der Waals surface area contributed by atoms with Crippen molar-refractivity contribution in [2.24, 2.45) is 5.92 Å². The van der Waals surface area contributed by atoms with E-state index < -0.39 is 19.9 Å². The van der Waals surface area contributed by atoms with Crippen molar-refractivity contribution in [2.75, 3.05) is 11.6 Å². The van der Waals surface area contributed by atoms with E-state index in [-0.39, 0.29) is 32.6 Å². The lowest BCUT2D eigenvalue weighted by Gasteiger charge is -2.11. The Hall–Kier alpha value is -1.75. The number of hydrogen-bond donors (Lipinski definition) is 2. The highest BCUT2D eigenvalue weighted by atomic mass is 79.9. The standard InChI is InChI=1S/C18H21BrN2O5S2/c1-12(2)18(22)21-14-6-4-13(5-7-14)11-20-28(25,26)17-10-15(27(3,23)24)8-9-16(17)19/h4-10,12,20H,11H2,1-3H3,(H,21,22). The van der Waals surface area contributed by atoms with E-state index in [2.05, 4.69) is 26.0 Å². The van der Waals surface area contributed by atoms with Crippen molar-refractivity contribution in [1.29, 1.82) is 0 Å². The summed E-state index contributed by atoms with van der Waals surface area (Å²) in [5.74, 6) is -0.253. The van der Waals surface area contributed by atoms with Crippen LogP contribution in [0.1, 0.15) is 19.4 Å². The molecule has 152 valence electrons.